The number of carbonyl (C=O) groups is 2. The van der Waals surface area contributed by atoms with Crippen LogP contribution in [0.2, 0.25) is 0 Å². The Morgan fingerprint density at radius 3 is 0.798 bits per heavy atom. The van der Waals surface area contributed by atoms with Crippen molar-refractivity contribution in [1.82, 2.24) is 44.1 Å². The van der Waals surface area contributed by atoms with E-state index in [2.05, 4.69) is 101 Å². The molecule has 3 aromatic rings. The highest BCUT2D eigenvalue weighted by atomic mass is 16.5. The highest BCUT2D eigenvalue weighted by molar-refractivity contribution is 5.73. The number of piperazine rings is 2. The van der Waals surface area contributed by atoms with Gasteiger partial charge < -0.3 is 52.8 Å². The van der Waals surface area contributed by atoms with Crippen LogP contribution in [-0.2, 0) is 42.7 Å². The molecule has 18 heteroatoms. The number of methoxy groups -OCH3 is 5. The number of rotatable bonds is 10. The molecule has 6 aliphatic rings. The molecule has 84 heavy (non-hydrogen) atoms. The van der Waals surface area contributed by atoms with Gasteiger partial charge in [0.05, 0.1) is 60.1 Å². The van der Waals surface area contributed by atoms with Crippen molar-refractivity contribution >= 4 is 11.8 Å². The molecule has 6 fully saturated rings. The lowest BCUT2D eigenvalue weighted by Gasteiger charge is -2.31. The van der Waals surface area contributed by atoms with Crippen molar-refractivity contribution in [2.75, 3.05) is 229 Å². The summed E-state index contributed by atoms with van der Waals surface area (Å²) in [5.74, 6) is 0.404. The van der Waals surface area contributed by atoms with Crippen LogP contribution in [0.25, 0.3) is 0 Å². The number of ether oxygens (including phenoxy) is 7. The average Bonchev–Trinajstić information content (AvgIpc) is 4.23. The molecule has 0 aliphatic carbocycles. The zero-order chi connectivity index (χ0) is 60.1. The first-order valence-corrected chi connectivity index (χ1v) is 29.2. The van der Waals surface area contributed by atoms with E-state index < -0.39 is 0 Å². The molecule has 0 unspecified atom stereocenters. The maximum Gasteiger partial charge on any atom is 0.219 e. The first-order valence-electron chi connectivity index (χ1n) is 29.2. The predicted molar refractivity (Wildman–Crippen MR) is 353 cm³/mol. The molecule has 9 rings (SSSR count). The summed E-state index contributed by atoms with van der Waals surface area (Å²) in [7, 11) is 16.7. The third kappa shape index (κ3) is 53.5. The molecular formula is C66H127N9O9. The zero-order valence-electron chi connectivity index (χ0n) is 53.4. The molecule has 0 bridgehead atoms. The summed E-state index contributed by atoms with van der Waals surface area (Å²) in [4.78, 5) is 40.9. The SMILES string of the molecule is C.C.C.CC(=O)N1CCN(C)CC1.CC(=O)N1CCN(C)CC1.COCN(C)C.COCN1CCCC1.COCN1CCCC1.COCN1CCOCC1.COCN1CCOCC1.Cc1ccccc1.Cc1ccccc1.Cc1ccccc1. The lowest BCUT2D eigenvalue weighted by Crippen LogP contribution is -2.46. The summed E-state index contributed by atoms with van der Waals surface area (Å²) in [6, 6.07) is 30.8. The van der Waals surface area contributed by atoms with Crippen molar-refractivity contribution in [3.63, 3.8) is 0 Å². The Morgan fingerprint density at radius 2 is 0.631 bits per heavy atom. The predicted octanol–water partition coefficient (Wildman–Crippen LogP) is 8.82. The lowest BCUT2D eigenvalue weighted by atomic mass is 10.2. The minimum atomic E-state index is 0. The van der Waals surface area contributed by atoms with Crippen molar-refractivity contribution in [2.24, 2.45) is 0 Å². The molecule has 0 saturated carbocycles. The van der Waals surface area contributed by atoms with Gasteiger partial charge in [0.2, 0.25) is 11.8 Å². The fourth-order valence-electron chi connectivity index (χ4n) is 8.12. The van der Waals surface area contributed by atoms with Crippen molar-refractivity contribution in [1.29, 1.82) is 0 Å². The van der Waals surface area contributed by atoms with Crippen molar-refractivity contribution in [2.45, 2.75) is 82.6 Å². The van der Waals surface area contributed by atoms with Crippen LogP contribution >= 0.6 is 0 Å². The first kappa shape index (κ1) is 86.5. The van der Waals surface area contributed by atoms with E-state index in [9.17, 15) is 9.59 Å². The number of carbonyl (C=O) groups excluding carboxylic acids is 2. The van der Waals surface area contributed by atoms with Crippen LogP contribution in [0.5, 0.6) is 0 Å². The van der Waals surface area contributed by atoms with Crippen LogP contribution in [0.1, 0.15) is 78.5 Å². The summed E-state index contributed by atoms with van der Waals surface area (Å²) >= 11 is 0. The van der Waals surface area contributed by atoms with Crippen LogP contribution < -0.4 is 0 Å². The summed E-state index contributed by atoms with van der Waals surface area (Å²) in [6.07, 6.45) is 5.40. The van der Waals surface area contributed by atoms with Gasteiger partial charge in [-0.1, -0.05) is 130 Å². The van der Waals surface area contributed by atoms with E-state index in [1.165, 1.54) is 68.6 Å². The van der Waals surface area contributed by atoms with Gasteiger partial charge in [-0.3, -0.25) is 34.1 Å². The van der Waals surface area contributed by atoms with E-state index in [1.807, 2.05) is 83.4 Å². The van der Waals surface area contributed by atoms with E-state index in [0.29, 0.717) is 6.73 Å². The summed E-state index contributed by atoms with van der Waals surface area (Å²) in [5, 5.41) is 0. The quantitative estimate of drug-likeness (QED) is 0.179. The van der Waals surface area contributed by atoms with Crippen molar-refractivity contribution < 1.29 is 42.7 Å². The maximum atomic E-state index is 10.8. The number of nitrogens with zero attached hydrogens (tertiary/aromatic N) is 9. The number of aryl methyl sites for hydroxylation is 3. The molecule has 490 valence electrons. The fraction of sp³-hybridized carbons (Fsp3) is 0.697. The zero-order valence-corrected chi connectivity index (χ0v) is 53.4. The largest absolute Gasteiger partial charge is 0.379 e. The number of hydrogen-bond donors (Lipinski definition) is 0. The van der Waals surface area contributed by atoms with Gasteiger partial charge in [-0.15, -0.1) is 0 Å². The van der Waals surface area contributed by atoms with E-state index >= 15 is 0 Å². The standard InChI is InChI=1S/2C7H14N2O.3C7H8.2C6H13NO2.2C6H13NO.C4H11NO.3CH4/c2*1-7(10)9-5-3-8(2)4-6-9;3*1-7-5-3-2-4-6-7;2*1-8-6-7-2-4-9-5-3-7;2*1-8-6-7-4-2-3-5-7;1-5(2)4-6-3;;;/h2*3-6H2,1-2H3;3*2-6H,1H3;2*2-6H2,1H3;2*2-6H2,1H3;4H2,1-3H3;3*1H4. The number of morpholine rings is 2. The molecule has 18 nitrogen and oxygen atoms in total. The van der Waals surface area contributed by atoms with Gasteiger partial charge in [0, 0.05) is 154 Å². The molecule has 0 N–H and O–H groups in total. The molecule has 0 radical (unpaired) electrons. The van der Waals surface area contributed by atoms with Crippen LogP contribution in [0.3, 0.4) is 0 Å². The molecule has 6 saturated heterocycles. The topological polar surface area (TPSA) is 128 Å². The minimum Gasteiger partial charge on any atom is -0.379 e. The highest BCUT2D eigenvalue weighted by Crippen LogP contribution is 2.07. The Balaban J connectivity index is -0.000000423. The Hall–Kier alpha value is -3.96. The van der Waals surface area contributed by atoms with Gasteiger partial charge in [0.25, 0.3) is 0 Å². The third-order valence-electron chi connectivity index (χ3n) is 13.0. The van der Waals surface area contributed by atoms with Crippen LogP contribution in [0.4, 0.5) is 0 Å². The Bertz CT molecular complexity index is 1630. The minimum absolute atomic E-state index is 0. The molecule has 2 amide bonds. The maximum absolute atomic E-state index is 10.8. The molecule has 0 spiro atoms. The smallest absolute Gasteiger partial charge is 0.219 e. The first-order chi connectivity index (χ1) is 39.1. The molecular weight excluding hydrogens is 1060 g/mol. The third-order valence-corrected chi connectivity index (χ3v) is 13.0. The molecule has 6 heterocycles. The van der Waals surface area contributed by atoms with Crippen LogP contribution in [0, 0.1) is 20.8 Å². The van der Waals surface area contributed by atoms with Crippen LogP contribution in [0.15, 0.2) is 91.0 Å². The van der Waals surface area contributed by atoms with Crippen molar-refractivity contribution in [3.05, 3.63) is 108 Å². The summed E-state index contributed by atoms with van der Waals surface area (Å²) < 4.78 is 34.8. The van der Waals surface area contributed by atoms with E-state index in [1.54, 1.807) is 49.4 Å². The fourth-order valence-corrected chi connectivity index (χ4v) is 8.12. The molecule has 3 aromatic carbocycles. The van der Waals surface area contributed by atoms with Gasteiger partial charge in [0.1, 0.15) is 0 Å². The Labute approximate surface area is 515 Å². The number of likely N-dealkylation sites (tertiary alicyclic amines) is 2. The van der Waals surface area contributed by atoms with Gasteiger partial charge in [-0.2, -0.15) is 0 Å². The Morgan fingerprint density at radius 1 is 0.393 bits per heavy atom. The van der Waals surface area contributed by atoms with Crippen LogP contribution in [-0.4, -0.2) is 284 Å². The Kier molecular flexibility index (Phi) is 62.5. The summed E-state index contributed by atoms with van der Waals surface area (Å²) in [5.41, 5.74) is 3.97. The van der Waals surface area contributed by atoms with E-state index in [4.69, 9.17) is 33.2 Å². The number of hydrogen-bond acceptors (Lipinski definition) is 16. The summed E-state index contributed by atoms with van der Waals surface area (Å²) in [6.45, 7) is 33.3. The van der Waals surface area contributed by atoms with Gasteiger partial charge in [0.15, 0.2) is 0 Å². The van der Waals surface area contributed by atoms with Crippen molar-refractivity contribution in [3.8, 4) is 0 Å². The lowest BCUT2D eigenvalue weighted by molar-refractivity contribution is -0.131. The second kappa shape index (κ2) is 60.7. The number of benzene rings is 3. The van der Waals surface area contributed by atoms with E-state index in [0.717, 1.165) is 132 Å². The second-order valence-corrected chi connectivity index (χ2v) is 20.9. The molecule has 0 atom stereocenters. The van der Waals surface area contributed by atoms with Gasteiger partial charge in [-0.05, 0) is 74.6 Å². The monoisotopic (exact) mass is 1190 g/mol. The number of amides is 2. The van der Waals surface area contributed by atoms with Gasteiger partial charge in [-0.25, -0.2) is 0 Å². The molecule has 6 aliphatic heterocycles. The average molecular weight is 1190 g/mol. The highest BCUT2D eigenvalue weighted by Gasteiger charge is 2.16. The number of likely N-dealkylation sites (N-methyl/N-ethyl adjacent to an activating group) is 2. The molecule has 0 aromatic heterocycles. The normalized spacial score (nSPS) is 16.9. The van der Waals surface area contributed by atoms with Gasteiger partial charge >= 0.3 is 0 Å². The second-order valence-electron chi connectivity index (χ2n) is 20.9. The van der Waals surface area contributed by atoms with E-state index in [-0.39, 0.29) is 34.1 Å².